The fraction of sp³-hybridized carbons (Fsp3) is 0.211. The van der Waals surface area contributed by atoms with E-state index in [2.05, 4.69) is 15.3 Å². The summed E-state index contributed by atoms with van der Waals surface area (Å²) in [5, 5.41) is 3.30. The number of para-hydroxylation sites is 2. The quantitative estimate of drug-likeness (QED) is 0.801. The minimum atomic E-state index is 0.215. The van der Waals surface area contributed by atoms with Gasteiger partial charge in [0.2, 0.25) is 5.91 Å². The van der Waals surface area contributed by atoms with Gasteiger partial charge < -0.3 is 10.2 Å². The minimum Gasteiger partial charge on any atom is -0.365 e. The number of carbonyl (C=O) groups is 1. The molecule has 1 fully saturated rings. The molecular weight excluding hydrogens is 300 g/mol. The van der Waals surface area contributed by atoms with Crippen molar-refractivity contribution in [3.8, 4) is 0 Å². The van der Waals surface area contributed by atoms with Crippen LogP contribution in [0.3, 0.4) is 0 Å². The van der Waals surface area contributed by atoms with Crippen molar-refractivity contribution in [1.82, 2.24) is 9.97 Å². The number of benzene rings is 2. The summed E-state index contributed by atoms with van der Waals surface area (Å²) < 4.78 is 0. The second kappa shape index (κ2) is 6.28. The Labute approximate surface area is 140 Å². The maximum absolute atomic E-state index is 11.8. The monoisotopic (exact) mass is 318 g/mol. The molecule has 1 aromatic heterocycles. The fourth-order valence-corrected chi connectivity index (χ4v) is 2.95. The first kappa shape index (κ1) is 14.6. The molecule has 0 atom stereocenters. The molecule has 0 radical (unpaired) electrons. The number of rotatable bonds is 4. The third-order valence-electron chi connectivity index (χ3n) is 4.24. The lowest BCUT2D eigenvalue weighted by Gasteiger charge is -2.16. The molecule has 24 heavy (non-hydrogen) atoms. The van der Waals surface area contributed by atoms with Gasteiger partial charge in [-0.05, 0) is 36.2 Å². The number of carbonyl (C=O) groups excluding carboxylic acids is 1. The van der Waals surface area contributed by atoms with Gasteiger partial charge in [-0.15, -0.1) is 0 Å². The van der Waals surface area contributed by atoms with Gasteiger partial charge in [0.15, 0.2) is 0 Å². The third-order valence-corrected chi connectivity index (χ3v) is 4.24. The number of nitrogens with zero attached hydrogens (tertiary/aromatic N) is 3. The molecular formula is C19H18N4O. The second-order valence-electron chi connectivity index (χ2n) is 5.91. The zero-order valence-electron chi connectivity index (χ0n) is 13.3. The fourth-order valence-electron chi connectivity index (χ4n) is 2.95. The first-order valence-electron chi connectivity index (χ1n) is 8.14. The van der Waals surface area contributed by atoms with E-state index in [-0.39, 0.29) is 5.91 Å². The molecule has 2 heterocycles. The Balaban J connectivity index is 1.44. The molecule has 0 unspecified atom stereocenters. The van der Waals surface area contributed by atoms with E-state index in [4.69, 9.17) is 0 Å². The van der Waals surface area contributed by atoms with Gasteiger partial charge in [-0.2, -0.15) is 0 Å². The van der Waals surface area contributed by atoms with Crippen LogP contribution in [0.4, 0.5) is 11.5 Å². The number of hydrogen-bond acceptors (Lipinski definition) is 4. The van der Waals surface area contributed by atoms with E-state index in [0.717, 1.165) is 41.1 Å². The lowest BCUT2D eigenvalue weighted by atomic mass is 10.2. The highest BCUT2D eigenvalue weighted by Crippen LogP contribution is 2.22. The zero-order valence-corrected chi connectivity index (χ0v) is 13.3. The molecule has 5 nitrogen and oxygen atoms in total. The SMILES string of the molecule is O=C1CCCN1c1ccc(CNc2cnc3ccccc3n2)cc1. The Hall–Kier alpha value is -2.95. The Morgan fingerprint density at radius 3 is 2.58 bits per heavy atom. The lowest BCUT2D eigenvalue weighted by Crippen LogP contribution is -2.23. The molecule has 1 saturated heterocycles. The Bertz CT molecular complexity index is 876. The number of hydrogen-bond donors (Lipinski definition) is 1. The average molecular weight is 318 g/mol. The molecule has 1 N–H and O–H groups in total. The first-order valence-corrected chi connectivity index (χ1v) is 8.14. The van der Waals surface area contributed by atoms with E-state index < -0.39 is 0 Å². The van der Waals surface area contributed by atoms with Crippen LogP contribution in [0.5, 0.6) is 0 Å². The smallest absolute Gasteiger partial charge is 0.227 e. The molecule has 0 aliphatic carbocycles. The van der Waals surface area contributed by atoms with Crippen LogP contribution >= 0.6 is 0 Å². The Kier molecular flexibility index (Phi) is 3.83. The summed E-state index contributed by atoms with van der Waals surface area (Å²) in [6, 6.07) is 15.9. The van der Waals surface area contributed by atoms with Crippen LogP contribution in [0.1, 0.15) is 18.4 Å². The summed E-state index contributed by atoms with van der Waals surface area (Å²) in [6.07, 6.45) is 3.35. The van der Waals surface area contributed by atoms with E-state index in [1.807, 2.05) is 53.4 Å². The molecule has 4 rings (SSSR count). The van der Waals surface area contributed by atoms with Crippen LogP contribution in [-0.2, 0) is 11.3 Å². The van der Waals surface area contributed by atoms with Crippen molar-refractivity contribution >= 4 is 28.4 Å². The largest absolute Gasteiger partial charge is 0.365 e. The summed E-state index contributed by atoms with van der Waals surface area (Å²) >= 11 is 0. The van der Waals surface area contributed by atoms with Crippen molar-refractivity contribution in [3.05, 3.63) is 60.3 Å². The van der Waals surface area contributed by atoms with Gasteiger partial charge in [0.25, 0.3) is 0 Å². The van der Waals surface area contributed by atoms with E-state index in [0.29, 0.717) is 13.0 Å². The summed E-state index contributed by atoms with van der Waals surface area (Å²) in [5.41, 5.74) is 3.89. The summed E-state index contributed by atoms with van der Waals surface area (Å²) in [4.78, 5) is 22.6. The zero-order chi connectivity index (χ0) is 16.4. The second-order valence-corrected chi connectivity index (χ2v) is 5.91. The van der Waals surface area contributed by atoms with Gasteiger partial charge >= 0.3 is 0 Å². The molecule has 1 aliphatic rings. The topological polar surface area (TPSA) is 58.1 Å². The third kappa shape index (κ3) is 2.93. The highest BCUT2D eigenvalue weighted by atomic mass is 16.2. The molecule has 0 bridgehead atoms. The van der Waals surface area contributed by atoms with Gasteiger partial charge in [-0.1, -0.05) is 24.3 Å². The standard InChI is InChI=1S/C19H18N4O/c24-19-6-3-11-23(19)15-9-7-14(8-10-15)12-21-18-13-20-16-4-1-2-5-17(16)22-18/h1-2,4-5,7-10,13H,3,6,11-12H2,(H,21,22). The van der Waals surface area contributed by atoms with E-state index >= 15 is 0 Å². The number of anilines is 2. The summed E-state index contributed by atoms with van der Waals surface area (Å²) in [7, 11) is 0. The average Bonchev–Trinajstić information content (AvgIpc) is 3.06. The molecule has 5 heteroatoms. The van der Waals surface area contributed by atoms with Crippen LogP contribution in [-0.4, -0.2) is 22.4 Å². The predicted molar refractivity (Wildman–Crippen MR) is 94.9 cm³/mol. The van der Waals surface area contributed by atoms with Crippen LogP contribution in [0.25, 0.3) is 11.0 Å². The molecule has 120 valence electrons. The lowest BCUT2D eigenvalue weighted by molar-refractivity contribution is -0.117. The van der Waals surface area contributed by atoms with E-state index in [1.54, 1.807) is 6.20 Å². The van der Waals surface area contributed by atoms with Crippen LogP contribution < -0.4 is 10.2 Å². The van der Waals surface area contributed by atoms with Crippen LogP contribution in [0, 0.1) is 0 Å². The molecule has 1 aliphatic heterocycles. The van der Waals surface area contributed by atoms with E-state index in [9.17, 15) is 4.79 Å². The number of nitrogens with one attached hydrogen (secondary N) is 1. The van der Waals surface area contributed by atoms with Crippen molar-refractivity contribution in [2.45, 2.75) is 19.4 Å². The van der Waals surface area contributed by atoms with Crippen LogP contribution in [0.2, 0.25) is 0 Å². The normalized spacial score (nSPS) is 14.3. The maximum atomic E-state index is 11.8. The van der Waals surface area contributed by atoms with Crippen molar-refractivity contribution in [2.75, 3.05) is 16.8 Å². The maximum Gasteiger partial charge on any atom is 0.227 e. The molecule has 0 spiro atoms. The highest BCUT2D eigenvalue weighted by Gasteiger charge is 2.21. The Morgan fingerprint density at radius 2 is 1.83 bits per heavy atom. The van der Waals surface area contributed by atoms with Crippen molar-refractivity contribution in [2.24, 2.45) is 0 Å². The van der Waals surface area contributed by atoms with Gasteiger partial charge in [-0.25, -0.2) is 4.98 Å². The molecule has 3 aromatic rings. The van der Waals surface area contributed by atoms with Gasteiger partial charge in [0.1, 0.15) is 5.82 Å². The summed E-state index contributed by atoms with van der Waals surface area (Å²) in [6.45, 7) is 1.49. The Morgan fingerprint density at radius 1 is 1.04 bits per heavy atom. The van der Waals surface area contributed by atoms with Crippen molar-refractivity contribution < 1.29 is 4.79 Å². The molecule has 1 amide bonds. The predicted octanol–water partition coefficient (Wildman–Crippen LogP) is 3.37. The van der Waals surface area contributed by atoms with Gasteiger partial charge in [0, 0.05) is 25.2 Å². The first-order chi connectivity index (χ1) is 11.8. The van der Waals surface area contributed by atoms with Crippen molar-refractivity contribution in [1.29, 1.82) is 0 Å². The van der Waals surface area contributed by atoms with Gasteiger partial charge in [-0.3, -0.25) is 9.78 Å². The van der Waals surface area contributed by atoms with Gasteiger partial charge in [0.05, 0.1) is 17.2 Å². The van der Waals surface area contributed by atoms with E-state index in [1.165, 1.54) is 0 Å². The summed E-state index contributed by atoms with van der Waals surface area (Å²) in [5.74, 6) is 0.972. The highest BCUT2D eigenvalue weighted by molar-refractivity contribution is 5.95. The number of fused-ring (bicyclic) bond motifs is 1. The minimum absolute atomic E-state index is 0.215. The molecule has 2 aromatic carbocycles. The van der Waals surface area contributed by atoms with Crippen LogP contribution in [0.15, 0.2) is 54.7 Å². The number of amides is 1. The molecule has 0 saturated carbocycles. The number of aromatic nitrogens is 2. The van der Waals surface area contributed by atoms with Crippen molar-refractivity contribution in [3.63, 3.8) is 0 Å².